The maximum absolute atomic E-state index is 10.4. The number of phenols is 2. The zero-order valence-corrected chi connectivity index (χ0v) is 7.77. The summed E-state index contributed by atoms with van der Waals surface area (Å²) in [5.74, 6) is -1.49. The van der Waals surface area contributed by atoms with Crippen molar-refractivity contribution in [2.45, 2.75) is 12.2 Å². The molecule has 0 aliphatic carbocycles. The second kappa shape index (κ2) is 4.04. The summed E-state index contributed by atoms with van der Waals surface area (Å²) in [7, 11) is 1.75. The molecule has 0 heterocycles. The molecule has 0 aliphatic rings. The second-order valence-corrected chi connectivity index (χ2v) is 3.25. The van der Waals surface area contributed by atoms with Gasteiger partial charge in [-0.05, 0) is 23.5 Å². The molecule has 0 saturated heterocycles. The number of carboxylic acids is 1. The van der Waals surface area contributed by atoms with Crippen molar-refractivity contribution in [1.82, 2.24) is 0 Å². The molecule has 0 fully saturated rings. The molecule has 0 aliphatic heterocycles. The molecule has 74 valence electrons. The van der Waals surface area contributed by atoms with Crippen molar-refractivity contribution in [3.63, 3.8) is 0 Å². The molecule has 0 amide bonds. The van der Waals surface area contributed by atoms with E-state index in [1.165, 1.54) is 12.1 Å². The molecule has 1 aromatic rings. The minimum Gasteiger partial charge on any atom is -0.504 e. The van der Waals surface area contributed by atoms with Gasteiger partial charge in [-0.25, -0.2) is 0 Å². The smallest absolute Gasteiger partial charge is 0.303 e. The van der Waals surface area contributed by atoms with E-state index in [-0.39, 0.29) is 23.7 Å². The SMILES string of the molecule is BC(CC(=O)O)c1ccc(O)c(O)c1. The van der Waals surface area contributed by atoms with E-state index in [9.17, 15) is 9.90 Å². The zero-order chi connectivity index (χ0) is 10.7. The summed E-state index contributed by atoms with van der Waals surface area (Å²) in [4.78, 5) is 10.4. The van der Waals surface area contributed by atoms with Crippen molar-refractivity contribution in [3.8, 4) is 11.5 Å². The molecule has 0 saturated carbocycles. The number of hydrogen-bond acceptors (Lipinski definition) is 3. The van der Waals surface area contributed by atoms with Crippen LogP contribution in [0.4, 0.5) is 0 Å². The molecule has 14 heavy (non-hydrogen) atoms. The average Bonchev–Trinajstić information content (AvgIpc) is 2.08. The lowest BCUT2D eigenvalue weighted by Gasteiger charge is -2.09. The first-order chi connectivity index (χ1) is 6.50. The third-order valence-corrected chi connectivity index (χ3v) is 2.05. The predicted octanol–water partition coefficient (Wildman–Crippen LogP) is 0.247. The number of phenolic OH excluding ortho intramolecular Hbond substituents is 2. The summed E-state index contributed by atoms with van der Waals surface area (Å²) in [6, 6.07) is 4.33. The molecule has 0 bridgehead atoms. The van der Waals surface area contributed by atoms with Crippen LogP contribution in [-0.4, -0.2) is 29.1 Å². The van der Waals surface area contributed by atoms with Crippen LogP contribution in [0, 0.1) is 0 Å². The van der Waals surface area contributed by atoms with E-state index in [0.29, 0.717) is 5.56 Å². The standard InChI is InChI=1S/C9H11BO4/c10-6(4-9(13)14)5-1-2-7(11)8(12)3-5/h1-3,6,11-12H,4,10H2,(H,13,14). The average molecular weight is 194 g/mol. The van der Waals surface area contributed by atoms with Crippen LogP contribution >= 0.6 is 0 Å². The van der Waals surface area contributed by atoms with Gasteiger partial charge in [0.25, 0.3) is 0 Å². The van der Waals surface area contributed by atoms with E-state index in [0.717, 1.165) is 0 Å². The van der Waals surface area contributed by atoms with Gasteiger partial charge in [0.15, 0.2) is 11.5 Å². The highest BCUT2D eigenvalue weighted by molar-refractivity contribution is 6.13. The fourth-order valence-electron chi connectivity index (χ4n) is 1.23. The van der Waals surface area contributed by atoms with E-state index in [4.69, 9.17) is 10.2 Å². The van der Waals surface area contributed by atoms with Crippen LogP contribution in [0.15, 0.2) is 18.2 Å². The molecular formula is C9H11BO4. The Balaban J connectivity index is 2.85. The van der Waals surface area contributed by atoms with E-state index >= 15 is 0 Å². The van der Waals surface area contributed by atoms with Crippen LogP contribution < -0.4 is 0 Å². The van der Waals surface area contributed by atoms with Gasteiger partial charge in [-0.2, -0.15) is 0 Å². The minimum atomic E-state index is -0.884. The molecule has 1 atom stereocenters. The van der Waals surface area contributed by atoms with Gasteiger partial charge in [-0.15, -0.1) is 0 Å². The predicted molar refractivity (Wildman–Crippen MR) is 53.3 cm³/mol. The first kappa shape index (κ1) is 10.4. The highest BCUT2D eigenvalue weighted by Gasteiger charge is 2.11. The van der Waals surface area contributed by atoms with Gasteiger partial charge < -0.3 is 15.3 Å². The summed E-state index contributed by atoms with van der Waals surface area (Å²) < 4.78 is 0. The molecule has 1 unspecified atom stereocenters. The lowest BCUT2D eigenvalue weighted by molar-refractivity contribution is -0.137. The van der Waals surface area contributed by atoms with Gasteiger partial charge in [0, 0.05) is 6.42 Å². The highest BCUT2D eigenvalue weighted by atomic mass is 16.4. The first-order valence-electron chi connectivity index (χ1n) is 4.24. The number of carbonyl (C=O) groups is 1. The Bertz CT molecular complexity index is 351. The Morgan fingerprint density at radius 2 is 2.00 bits per heavy atom. The fraction of sp³-hybridized carbons (Fsp3) is 0.222. The zero-order valence-electron chi connectivity index (χ0n) is 7.77. The summed E-state index contributed by atoms with van der Waals surface area (Å²) in [6.45, 7) is 0. The van der Waals surface area contributed by atoms with Gasteiger partial charge in [0.2, 0.25) is 0 Å². The second-order valence-electron chi connectivity index (χ2n) is 3.25. The Morgan fingerprint density at radius 3 is 2.50 bits per heavy atom. The topological polar surface area (TPSA) is 77.8 Å². The van der Waals surface area contributed by atoms with Gasteiger partial charge in [-0.1, -0.05) is 6.07 Å². The molecule has 3 N–H and O–H groups in total. The maximum Gasteiger partial charge on any atom is 0.303 e. The van der Waals surface area contributed by atoms with Crippen molar-refractivity contribution in [2.75, 3.05) is 0 Å². The maximum atomic E-state index is 10.4. The van der Waals surface area contributed by atoms with Crippen LogP contribution in [0.3, 0.4) is 0 Å². The number of carboxylic acid groups (broad SMARTS) is 1. The van der Waals surface area contributed by atoms with Crippen LogP contribution in [0.1, 0.15) is 17.8 Å². The van der Waals surface area contributed by atoms with Gasteiger partial charge in [-0.3, -0.25) is 4.79 Å². The summed E-state index contributed by atoms with van der Waals surface area (Å²) in [5, 5.41) is 26.8. The molecule has 0 aromatic heterocycles. The molecule has 0 spiro atoms. The quantitative estimate of drug-likeness (QED) is 0.475. The number of aliphatic carboxylic acids is 1. The van der Waals surface area contributed by atoms with E-state index in [1.54, 1.807) is 13.9 Å². The Morgan fingerprint density at radius 1 is 1.36 bits per heavy atom. The molecule has 4 nitrogen and oxygen atoms in total. The van der Waals surface area contributed by atoms with Crippen molar-refractivity contribution >= 4 is 13.8 Å². The summed E-state index contributed by atoms with van der Waals surface area (Å²) in [6.07, 6.45) is 0.00418. The minimum absolute atomic E-state index is 0.00418. The van der Waals surface area contributed by atoms with Crippen LogP contribution in [0.2, 0.25) is 0 Å². The van der Waals surface area contributed by atoms with E-state index in [1.807, 2.05) is 0 Å². The highest BCUT2D eigenvalue weighted by Crippen LogP contribution is 2.28. The number of benzene rings is 1. The Labute approximate surface area is 82.2 Å². The third-order valence-electron chi connectivity index (χ3n) is 2.05. The lowest BCUT2D eigenvalue weighted by Crippen LogP contribution is -2.05. The van der Waals surface area contributed by atoms with Gasteiger partial charge in [0.1, 0.15) is 7.85 Å². The van der Waals surface area contributed by atoms with Crippen molar-refractivity contribution < 1.29 is 20.1 Å². The Kier molecular flexibility index (Phi) is 3.01. The monoisotopic (exact) mass is 194 g/mol. The van der Waals surface area contributed by atoms with Crippen molar-refractivity contribution in [2.24, 2.45) is 0 Å². The lowest BCUT2D eigenvalue weighted by atomic mass is 9.78. The number of aromatic hydroxyl groups is 2. The third kappa shape index (κ3) is 2.42. The Hall–Kier alpha value is -1.65. The van der Waals surface area contributed by atoms with Gasteiger partial charge in [0.05, 0.1) is 0 Å². The molecule has 1 aromatic carbocycles. The molecule has 0 radical (unpaired) electrons. The first-order valence-corrected chi connectivity index (χ1v) is 4.24. The van der Waals surface area contributed by atoms with Crippen molar-refractivity contribution in [1.29, 1.82) is 0 Å². The molecule has 1 rings (SSSR count). The van der Waals surface area contributed by atoms with Crippen LogP contribution in [0.25, 0.3) is 0 Å². The number of hydrogen-bond donors (Lipinski definition) is 3. The normalized spacial score (nSPS) is 12.3. The van der Waals surface area contributed by atoms with Gasteiger partial charge >= 0.3 is 5.97 Å². The summed E-state index contributed by atoms with van der Waals surface area (Å²) >= 11 is 0. The molecular weight excluding hydrogens is 183 g/mol. The number of rotatable bonds is 3. The summed E-state index contributed by atoms with van der Waals surface area (Å²) in [5.41, 5.74) is 0.697. The van der Waals surface area contributed by atoms with Crippen LogP contribution in [0.5, 0.6) is 11.5 Å². The van der Waals surface area contributed by atoms with E-state index in [2.05, 4.69) is 0 Å². The fourth-order valence-corrected chi connectivity index (χ4v) is 1.23. The van der Waals surface area contributed by atoms with Crippen LogP contribution in [-0.2, 0) is 4.79 Å². The molecule has 5 heteroatoms. The van der Waals surface area contributed by atoms with Crippen molar-refractivity contribution in [3.05, 3.63) is 23.8 Å². The van der Waals surface area contributed by atoms with E-state index < -0.39 is 5.97 Å². The largest absolute Gasteiger partial charge is 0.504 e.